The minimum atomic E-state index is -4.62. The van der Waals surface area contributed by atoms with Gasteiger partial charge < -0.3 is 4.57 Å². The summed E-state index contributed by atoms with van der Waals surface area (Å²) in [5.74, 6) is 0. The topological polar surface area (TPSA) is 74.9 Å². The summed E-state index contributed by atoms with van der Waals surface area (Å²) in [6, 6.07) is 13.1. The van der Waals surface area contributed by atoms with Crippen LogP contribution in [0, 0.1) is 11.3 Å². The summed E-state index contributed by atoms with van der Waals surface area (Å²) in [5, 5.41) is 8.79. The van der Waals surface area contributed by atoms with Crippen LogP contribution < -0.4 is 4.72 Å². The molecule has 0 saturated heterocycles. The van der Waals surface area contributed by atoms with Crippen LogP contribution in [0.1, 0.15) is 11.1 Å². The fourth-order valence-electron chi connectivity index (χ4n) is 2.43. The van der Waals surface area contributed by atoms with E-state index in [0.717, 1.165) is 12.1 Å². The molecule has 1 heterocycles. The fourth-order valence-corrected chi connectivity index (χ4v) is 3.49. The van der Waals surface area contributed by atoms with Gasteiger partial charge in [0.1, 0.15) is 0 Å². The fraction of sp³-hybridized carbons (Fsp3) is 0.0556. The van der Waals surface area contributed by atoms with E-state index in [1.54, 1.807) is 24.5 Å². The zero-order valence-electron chi connectivity index (χ0n) is 13.6. The van der Waals surface area contributed by atoms with Gasteiger partial charge >= 0.3 is 6.18 Å². The first-order valence-electron chi connectivity index (χ1n) is 7.58. The number of rotatable bonds is 4. The molecule has 3 aromatic rings. The van der Waals surface area contributed by atoms with E-state index in [0.29, 0.717) is 0 Å². The van der Waals surface area contributed by atoms with Crippen LogP contribution in [0.5, 0.6) is 0 Å². The molecule has 0 aliphatic heterocycles. The summed E-state index contributed by atoms with van der Waals surface area (Å²) in [7, 11) is -4.15. The van der Waals surface area contributed by atoms with Gasteiger partial charge in [-0.1, -0.05) is 0 Å². The van der Waals surface area contributed by atoms with E-state index in [-0.39, 0.29) is 21.8 Å². The van der Waals surface area contributed by atoms with Gasteiger partial charge in [0.2, 0.25) is 0 Å². The smallest absolute Gasteiger partial charge is 0.322 e. The molecule has 1 N–H and O–H groups in total. The van der Waals surface area contributed by atoms with Crippen LogP contribution in [0.4, 0.5) is 18.9 Å². The molecule has 0 amide bonds. The first-order chi connectivity index (χ1) is 12.7. The predicted molar refractivity (Wildman–Crippen MR) is 92.7 cm³/mol. The van der Waals surface area contributed by atoms with E-state index >= 15 is 0 Å². The average Bonchev–Trinajstić information content (AvgIpc) is 3.15. The maximum atomic E-state index is 13.1. The van der Waals surface area contributed by atoms with E-state index in [2.05, 4.69) is 4.72 Å². The number of nitrogens with zero attached hydrogens (tertiary/aromatic N) is 2. The molecule has 27 heavy (non-hydrogen) atoms. The highest BCUT2D eigenvalue weighted by Gasteiger charge is 2.31. The van der Waals surface area contributed by atoms with Crippen LogP contribution in [0.25, 0.3) is 5.69 Å². The first-order valence-corrected chi connectivity index (χ1v) is 9.06. The number of sulfonamides is 1. The number of benzene rings is 2. The summed E-state index contributed by atoms with van der Waals surface area (Å²) in [5.41, 5.74) is -0.687. The first kappa shape index (κ1) is 18.5. The maximum absolute atomic E-state index is 13.1. The monoisotopic (exact) mass is 391 g/mol. The molecule has 0 bridgehead atoms. The van der Waals surface area contributed by atoms with Gasteiger partial charge in [0, 0.05) is 12.4 Å². The molecular formula is C18H12F3N3O2S. The molecule has 5 nitrogen and oxygen atoms in total. The Morgan fingerprint density at radius 3 is 2.19 bits per heavy atom. The third-order valence-electron chi connectivity index (χ3n) is 3.74. The molecule has 0 aliphatic carbocycles. The molecule has 0 saturated carbocycles. The van der Waals surface area contributed by atoms with Gasteiger partial charge in [-0.15, -0.1) is 0 Å². The summed E-state index contributed by atoms with van der Waals surface area (Å²) in [4.78, 5) is -0.169. The van der Waals surface area contributed by atoms with Gasteiger partial charge in [-0.05, 0) is 54.6 Å². The minimum absolute atomic E-state index is 0.169. The van der Waals surface area contributed by atoms with E-state index in [9.17, 15) is 21.6 Å². The van der Waals surface area contributed by atoms with Gasteiger partial charge in [-0.3, -0.25) is 4.72 Å². The van der Waals surface area contributed by atoms with Crippen molar-refractivity contribution in [2.45, 2.75) is 11.1 Å². The van der Waals surface area contributed by atoms with Crippen molar-refractivity contribution in [2.75, 3.05) is 4.72 Å². The summed E-state index contributed by atoms with van der Waals surface area (Å²) < 4.78 is 68.1. The lowest BCUT2D eigenvalue weighted by atomic mass is 10.1. The van der Waals surface area contributed by atoms with Gasteiger partial charge in [-0.25, -0.2) is 8.42 Å². The van der Waals surface area contributed by atoms with Crippen molar-refractivity contribution in [3.8, 4) is 11.8 Å². The highest BCUT2D eigenvalue weighted by molar-refractivity contribution is 7.92. The van der Waals surface area contributed by atoms with E-state index in [4.69, 9.17) is 5.26 Å². The highest BCUT2D eigenvalue weighted by Crippen LogP contribution is 2.34. The number of aromatic nitrogens is 1. The lowest BCUT2D eigenvalue weighted by molar-refractivity contribution is -0.137. The predicted octanol–water partition coefficient (Wildman–Crippen LogP) is 4.17. The number of hydrogen-bond acceptors (Lipinski definition) is 3. The van der Waals surface area contributed by atoms with E-state index in [1.165, 1.54) is 34.9 Å². The average molecular weight is 391 g/mol. The lowest BCUT2D eigenvalue weighted by Crippen LogP contribution is -2.16. The van der Waals surface area contributed by atoms with Crippen molar-refractivity contribution >= 4 is 15.7 Å². The quantitative estimate of drug-likeness (QED) is 0.725. The molecule has 1 aromatic heterocycles. The Hall–Kier alpha value is -3.25. The molecular weight excluding hydrogens is 379 g/mol. The van der Waals surface area contributed by atoms with Crippen molar-refractivity contribution in [1.29, 1.82) is 5.26 Å². The second-order valence-corrected chi connectivity index (χ2v) is 7.24. The van der Waals surface area contributed by atoms with Crippen LogP contribution >= 0.6 is 0 Å². The van der Waals surface area contributed by atoms with Crippen molar-refractivity contribution in [3.63, 3.8) is 0 Å². The van der Waals surface area contributed by atoms with E-state index < -0.39 is 21.8 Å². The number of nitriles is 1. The van der Waals surface area contributed by atoms with Gasteiger partial charge in [0.15, 0.2) is 0 Å². The largest absolute Gasteiger partial charge is 0.416 e. The summed E-state index contributed by atoms with van der Waals surface area (Å²) >= 11 is 0. The molecule has 0 unspecified atom stereocenters. The van der Waals surface area contributed by atoms with Crippen LogP contribution in [-0.2, 0) is 16.2 Å². The van der Waals surface area contributed by atoms with Gasteiger partial charge in [0.25, 0.3) is 10.0 Å². The second kappa shape index (κ2) is 6.81. The SMILES string of the molecule is N#Cc1ccc(S(=O)(=O)Nc2cc(C(F)(F)F)ccc2-n2cccc2)cc1. The maximum Gasteiger partial charge on any atom is 0.416 e. The molecule has 0 aliphatic rings. The molecule has 3 rings (SSSR count). The number of hydrogen-bond donors (Lipinski definition) is 1. The Kier molecular flexibility index (Phi) is 4.68. The van der Waals surface area contributed by atoms with Gasteiger partial charge in [-0.2, -0.15) is 18.4 Å². The van der Waals surface area contributed by atoms with E-state index in [1.807, 2.05) is 6.07 Å². The summed E-state index contributed by atoms with van der Waals surface area (Å²) in [6.07, 6.45) is -1.45. The standard InChI is InChI=1S/C18H12F3N3O2S/c19-18(20,21)14-5-8-17(24-9-1-2-10-24)16(11-14)23-27(25,26)15-6-3-13(12-22)4-7-15/h1-11,23H. The minimum Gasteiger partial charge on any atom is -0.322 e. The molecule has 138 valence electrons. The lowest BCUT2D eigenvalue weighted by Gasteiger charge is -2.16. The number of alkyl halides is 3. The van der Waals surface area contributed by atoms with Crippen LogP contribution in [-0.4, -0.2) is 13.0 Å². The molecule has 0 atom stereocenters. The van der Waals surface area contributed by atoms with Crippen LogP contribution in [0.2, 0.25) is 0 Å². The van der Waals surface area contributed by atoms with Crippen molar-refractivity contribution in [1.82, 2.24) is 4.57 Å². The summed E-state index contributed by atoms with van der Waals surface area (Å²) in [6.45, 7) is 0. The molecule has 0 radical (unpaired) electrons. The van der Waals surface area contributed by atoms with Gasteiger partial charge in [0.05, 0.1) is 33.5 Å². The Morgan fingerprint density at radius 1 is 1.00 bits per heavy atom. The van der Waals surface area contributed by atoms with Crippen LogP contribution in [0.15, 0.2) is 71.9 Å². The highest BCUT2D eigenvalue weighted by atomic mass is 32.2. The van der Waals surface area contributed by atoms with Crippen LogP contribution in [0.3, 0.4) is 0 Å². The zero-order valence-corrected chi connectivity index (χ0v) is 14.4. The van der Waals surface area contributed by atoms with Crippen molar-refractivity contribution < 1.29 is 21.6 Å². The number of nitrogens with one attached hydrogen (secondary N) is 1. The molecule has 2 aromatic carbocycles. The zero-order chi connectivity index (χ0) is 19.7. The normalized spacial score (nSPS) is 11.8. The number of halogens is 3. The number of anilines is 1. The Morgan fingerprint density at radius 2 is 1.63 bits per heavy atom. The third kappa shape index (κ3) is 3.96. The van der Waals surface area contributed by atoms with Crippen molar-refractivity contribution in [3.05, 3.63) is 78.1 Å². The second-order valence-electron chi connectivity index (χ2n) is 5.56. The Labute approximate surface area is 153 Å². The molecule has 9 heteroatoms. The molecule has 0 spiro atoms. The Bertz CT molecular complexity index is 1100. The third-order valence-corrected chi connectivity index (χ3v) is 5.13. The molecule has 0 fully saturated rings. The van der Waals surface area contributed by atoms with Crippen molar-refractivity contribution in [2.24, 2.45) is 0 Å². The Balaban J connectivity index is 2.07.